The first-order valence-corrected chi connectivity index (χ1v) is 8.38. The first-order valence-electron chi connectivity index (χ1n) is 7.62. The first-order chi connectivity index (χ1) is 9.41. The van der Waals surface area contributed by atoms with Crippen molar-refractivity contribution in [3.05, 3.63) is 33.8 Å². The molecule has 1 N–H and O–H groups in total. The van der Waals surface area contributed by atoms with Crippen molar-refractivity contribution in [2.75, 3.05) is 0 Å². The highest BCUT2D eigenvalue weighted by Crippen LogP contribution is 2.36. The Hall–Kier alpha value is -0.240. The SMILES string of the molecule is CCC(NC1CCC(C)(C)CC1)c1ccc(Cl)cc1Cl. The van der Waals surface area contributed by atoms with Crippen LogP contribution in [0.15, 0.2) is 18.2 Å². The Morgan fingerprint density at radius 1 is 1.25 bits per heavy atom. The second-order valence-corrected chi connectivity index (χ2v) is 7.58. The van der Waals surface area contributed by atoms with Crippen LogP contribution in [0.5, 0.6) is 0 Å². The average molecular weight is 314 g/mol. The lowest BCUT2D eigenvalue weighted by molar-refractivity contribution is 0.197. The fraction of sp³-hybridized carbons (Fsp3) is 0.647. The molecule has 0 radical (unpaired) electrons. The van der Waals surface area contributed by atoms with E-state index in [-0.39, 0.29) is 0 Å². The summed E-state index contributed by atoms with van der Waals surface area (Å²) in [7, 11) is 0. The molecule has 1 aliphatic rings. The van der Waals surface area contributed by atoms with Crippen LogP contribution >= 0.6 is 23.2 Å². The summed E-state index contributed by atoms with van der Waals surface area (Å²) < 4.78 is 0. The molecule has 0 heterocycles. The normalized spacial score (nSPS) is 20.9. The highest BCUT2D eigenvalue weighted by Gasteiger charge is 2.28. The van der Waals surface area contributed by atoms with E-state index in [0.29, 0.717) is 22.5 Å². The van der Waals surface area contributed by atoms with Crippen LogP contribution in [0.2, 0.25) is 10.0 Å². The van der Waals surface area contributed by atoms with Gasteiger partial charge >= 0.3 is 0 Å². The van der Waals surface area contributed by atoms with Crippen molar-refractivity contribution in [2.24, 2.45) is 5.41 Å². The molecule has 1 aromatic carbocycles. The molecule has 0 spiro atoms. The van der Waals surface area contributed by atoms with Crippen LogP contribution in [0.4, 0.5) is 0 Å². The molecule has 1 nitrogen and oxygen atoms in total. The molecule has 0 bridgehead atoms. The fourth-order valence-corrected chi connectivity index (χ4v) is 3.60. The van der Waals surface area contributed by atoms with E-state index in [0.717, 1.165) is 11.4 Å². The molecule has 1 unspecified atom stereocenters. The minimum absolute atomic E-state index is 0.325. The molecule has 1 aliphatic carbocycles. The predicted octanol–water partition coefficient (Wildman–Crippen LogP) is 6.00. The molecule has 0 aliphatic heterocycles. The van der Waals surface area contributed by atoms with Crippen LogP contribution in [0.1, 0.15) is 64.5 Å². The van der Waals surface area contributed by atoms with E-state index in [1.807, 2.05) is 12.1 Å². The van der Waals surface area contributed by atoms with Gasteiger partial charge in [-0.25, -0.2) is 0 Å². The second-order valence-electron chi connectivity index (χ2n) is 6.73. The van der Waals surface area contributed by atoms with Gasteiger partial charge in [0.2, 0.25) is 0 Å². The molecule has 1 atom stereocenters. The fourth-order valence-electron chi connectivity index (χ4n) is 3.06. The summed E-state index contributed by atoms with van der Waals surface area (Å²) in [6, 6.07) is 6.76. The third kappa shape index (κ3) is 4.13. The summed E-state index contributed by atoms with van der Waals surface area (Å²) in [4.78, 5) is 0. The van der Waals surface area contributed by atoms with Gasteiger partial charge in [0.05, 0.1) is 0 Å². The van der Waals surface area contributed by atoms with Crippen molar-refractivity contribution in [1.82, 2.24) is 5.32 Å². The molecule has 112 valence electrons. The van der Waals surface area contributed by atoms with Crippen molar-refractivity contribution < 1.29 is 0 Å². The van der Waals surface area contributed by atoms with Crippen molar-refractivity contribution in [2.45, 2.75) is 65.0 Å². The van der Waals surface area contributed by atoms with Crippen LogP contribution in [0, 0.1) is 5.41 Å². The Kier molecular flexibility index (Phi) is 5.39. The molecule has 1 aromatic rings. The van der Waals surface area contributed by atoms with E-state index < -0.39 is 0 Å². The first kappa shape index (κ1) is 16.1. The topological polar surface area (TPSA) is 12.0 Å². The van der Waals surface area contributed by atoms with Gasteiger partial charge in [-0.15, -0.1) is 0 Å². The number of halogens is 2. The summed E-state index contributed by atoms with van der Waals surface area (Å²) in [5.41, 5.74) is 1.68. The van der Waals surface area contributed by atoms with Gasteiger partial charge in [-0.3, -0.25) is 0 Å². The van der Waals surface area contributed by atoms with Crippen LogP contribution in [0.25, 0.3) is 0 Å². The molecule has 0 amide bonds. The van der Waals surface area contributed by atoms with Gasteiger partial charge in [-0.05, 0) is 55.2 Å². The molecular formula is C17H25Cl2N. The summed E-state index contributed by atoms with van der Waals surface area (Å²) in [5.74, 6) is 0. The van der Waals surface area contributed by atoms with E-state index in [1.165, 1.54) is 31.2 Å². The highest BCUT2D eigenvalue weighted by molar-refractivity contribution is 6.35. The predicted molar refractivity (Wildman–Crippen MR) is 88.7 cm³/mol. The van der Waals surface area contributed by atoms with Crippen molar-refractivity contribution in [3.8, 4) is 0 Å². The number of hydrogen-bond donors (Lipinski definition) is 1. The minimum Gasteiger partial charge on any atom is -0.307 e. The summed E-state index contributed by atoms with van der Waals surface area (Å²) in [5, 5.41) is 5.27. The largest absolute Gasteiger partial charge is 0.307 e. The van der Waals surface area contributed by atoms with Crippen LogP contribution < -0.4 is 5.32 Å². The average Bonchev–Trinajstić information content (AvgIpc) is 2.38. The molecule has 3 heteroatoms. The highest BCUT2D eigenvalue weighted by atomic mass is 35.5. The molecule has 0 aromatic heterocycles. The van der Waals surface area contributed by atoms with Crippen LogP contribution in [-0.2, 0) is 0 Å². The Bertz CT molecular complexity index is 446. The Morgan fingerprint density at radius 3 is 2.45 bits per heavy atom. The number of rotatable bonds is 4. The van der Waals surface area contributed by atoms with Gasteiger partial charge in [0.15, 0.2) is 0 Å². The maximum atomic E-state index is 6.34. The molecule has 20 heavy (non-hydrogen) atoms. The van der Waals surface area contributed by atoms with E-state index >= 15 is 0 Å². The lowest BCUT2D eigenvalue weighted by Gasteiger charge is -2.36. The summed E-state index contributed by atoms with van der Waals surface area (Å²) >= 11 is 12.3. The third-order valence-electron chi connectivity index (χ3n) is 4.52. The third-order valence-corrected chi connectivity index (χ3v) is 5.08. The van der Waals surface area contributed by atoms with Gasteiger partial charge in [0.1, 0.15) is 0 Å². The zero-order valence-corrected chi connectivity index (χ0v) is 14.2. The molecule has 0 saturated heterocycles. The van der Waals surface area contributed by atoms with Crippen LogP contribution in [-0.4, -0.2) is 6.04 Å². The monoisotopic (exact) mass is 313 g/mol. The van der Waals surface area contributed by atoms with Crippen molar-refractivity contribution in [1.29, 1.82) is 0 Å². The number of nitrogens with one attached hydrogen (secondary N) is 1. The van der Waals surface area contributed by atoms with Gasteiger partial charge in [-0.1, -0.05) is 50.0 Å². The Labute approximate surface area is 133 Å². The number of benzene rings is 1. The van der Waals surface area contributed by atoms with Crippen molar-refractivity contribution in [3.63, 3.8) is 0 Å². The molecular weight excluding hydrogens is 289 g/mol. The zero-order valence-electron chi connectivity index (χ0n) is 12.7. The van der Waals surface area contributed by atoms with Gasteiger partial charge < -0.3 is 5.32 Å². The Balaban J connectivity index is 2.02. The van der Waals surface area contributed by atoms with Gasteiger partial charge in [0.25, 0.3) is 0 Å². The summed E-state index contributed by atoms with van der Waals surface area (Å²) in [6.07, 6.45) is 6.16. The zero-order chi connectivity index (χ0) is 14.8. The van der Waals surface area contributed by atoms with E-state index in [2.05, 4.69) is 32.2 Å². The van der Waals surface area contributed by atoms with E-state index in [1.54, 1.807) is 0 Å². The number of hydrogen-bond acceptors (Lipinski definition) is 1. The van der Waals surface area contributed by atoms with Crippen LogP contribution in [0.3, 0.4) is 0 Å². The minimum atomic E-state index is 0.325. The lowest BCUT2D eigenvalue weighted by atomic mass is 9.75. The van der Waals surface area contributed by atoms with Gasteiger partial charge in [-0.2, -0.15) is 0 Å². The maximum Gasteiger partial charge on any atom is 0.0468 e. The second kappa shape index (κ2) is 6.68. The smallest absolute Gasteiger partial charge is 0.0468 e. The molecule has 2 rings (SSSR count). The summed E-state index contributed by atoms with van der Waals surface area (Å²) in [6.45, 7) is 6.95. The Morgan fingerprint density at radius 2 is 1.90 bits per heavy atom. The lowest BCUT2D eigenvalue weighted by Crippen LogP contribution is -2.37. The van der Waals surface area contributed by atoms with E-state index in [4.69, 9.17) is 23.2 Å². The standard InChI is InChI=1S/C17H25Cl2N/c1-4-16(14-6-5-12(18)11-15(14)19)20-13-7-9-17(2,3)10-8-13/h5-6,11,13,16,20H,4,7-10H2,1-3H3. The quantitative estimate of drug-likeness (QED) is 0.718. The maximum absolute atomic E-state index is 6.34. The molecule has 1 saturated carbocycles. The molecule has 1 fully saturated rings. The van der Waals surface area contributed by atoms with Crippen molar-refractivity contribution >= 4 is 23.2 Å². The van der Waals surface area contributed by atoms with E-state index in [9.17, 15) is 0 Å². The van der Waals surface area contributed by atoms with Gasteiger partial charge in [0, 0.05) is 22.1 Å².